The van der Waals surface area contributed by atoms with Crippen LogP contribution in [-0.2, 0) is 6.54 Å². The van der Waals surface area contributed by atoms with Gasteiger partial charge in [-0.25, -0.2) is 9.89 Å². The van der Waals surface area contributed by atoms with Crippen LogP contribution in [0.15, 0.2) is 10.9 Å². The van der Waals surface area contributed by atoms with Crippen molar-refractivity contribution >= 4 is 12.0 Å². The molecule has 0 aromatic carbocycles. The lowest BCUT2D eigenvalue weighted by molar-refractivity contribution is 0.249. The van der Waals surface area contributed by atoms with E-state index in [9.17, 15) is 4.79 Å². The quantitative estimate of drug-likeness (QED) is 0.732. The van der Waals surface area contributed by atoms with E-state index < -0.39 is 6.03 Å². The van der Waals surface area contributed by atoms with Crippen LogP contribution in [0, 0.1) is 0 Å². The van der Waals surface area contributed by atoms with Crippen molar-refractivity contribution in [1.82, 2.24) is 30.6 Å². The van der Waals surface area contributed by atoms with Crippen LogP contribution in [0.1, 0.15) is 31.5 Å². The van der Waals surface area contributed by atoms with E-state index >= 15 is 0 Å². The molecule has 0 unspecified atom stereocenters. The number of aromatic amines is 1. The average Bonchev–Trinajstić information content (AvgIpc) is 2.96. The molecule has 0 bridgehead atoms. The van der Waals surface area contributed by atoms with Gasteiger partial charge in [-0.1, -0.05) is 19.0 Å². The molecule has 0 saturated carbocycles. The number of H-pyrrole nitrogens is 1. The van der Waals surface area contributed by atoms with Crippen molar-refractivity contribution < 1.29 is 9.32 Å². The Kier molecular flexibility index (Phi) is 3.51. The Morgan fingerprint density at radius 2 is 2.39 bits per heavy atom. The van der Waals surface area contributed by atoms with Crippen molar-refractivity contribution in [3.63, 3.8) is 0 Å². The van der Waals surface area contributed by atoms with E-state index in [2.05, 4.69) is 36.0 Å². The van der Waals surface area contributed by atoms with Crippen molar-refractivity contribution in [3.8, 4) is 0 Å². The summed E-state index contributed by atoms with van der Waals surface area (Å²) in [6.45, 7) is 4.07. The molecule has 9 nitrogen and oxygen atoms in total. The van der Waals surface area contributed by atoms with Gasteiger partial charge in [0.2, 0.25) is 11.8 Å². The van der Waals surface area contributed by atoms with Gasteiger partial charge in [-0.15, -0.1) is 0 Å². The lowest BCUT2D eigenvalue weighted by atomic mass is 10.2. The Balaban J connectivity index is 1.81. The Labute approximate surface area is 102 Å². The molecule has 0 fully saturated rings. The topological polar surface area (TPSA) is 122 Å². The number of anilines is 1. The monoisotopic (exact) mass is 251 g/mol. The minimum Gasteiger partial charge on any atom is -0.337 e. The number of carbonyl (C=O) groups excluding carboxylic acids is 1. The highest BCUT2D eigenvalue weighted by molar-refractivity contribution is 5.87. The minimum absolute atomic E-state index is 0.152. The third kappa shape index (κ3) is 3.03. The SMILES string of the molecule is CC(C)c1noc(CNC(=O)Nc2ncn[nH]2)n1. The Morgan fingerprint density at radius 1 is 1.56 bits per heavy atom. The molecule has 0 spiro atoms. The predicted octanol–water partition coefficient (Wildman–Crippen LogP) is 0.633. The summed E-state index contributed by atoms with van der Waals surface area (Å²) < 4.78 is 4.97. The first kappa shape index (κ1) is 12.0. The van der Waals surface area contributed by atoms with Crippen LogP contribution in [0.2, 0.25) is 0 Å². The first-order chi connectivity index (χ1) is 8.65. The fourth-order valence-electron chi connectivity index (χ4n) is 1.15. The zero-order valence-electron chi connectivity index (χ0n) is 9.97. The van der Waals surface area contributed by atoms with E-state index in [1.165, 1.54) is 6.33 Å². The molecule has 0 saturated heterocycles. The highest BCUT2D eigenvalue weighted by Crippen LogP contribution is 2.09. The van der Waals surface area contributed by atoms with Crippen molar-refractivity contribution in [2.24, 2.45) is 0 Å². The molecular weight excluding hydrogens is 238 g/mol. The fraction of sp³-hybridized carbons (Fsp3) is 0.444. The number of carbonyl (C=O) groups is 1. The normalized spacial score (nSPS) is 10.6. The first-order valence-corrected chi connectivity index (χ1v) is 5.38. The third-order valence-electron chi connectivity index (χ3n) is 2.05. The summed E-state index contributed by atoms with van der Waals surface area (Å²) in [5.41, 5.74) is 0. The molecule has 18 heavy (non-hydrogen) atoms. The number of rotatable bonds is 4. The summed E-state index contributed by atoms with van der Waals surface area (Å²) in [5.74, 6) is 1.42. The van der Waals surface area contributed by atoms with E-state index in [4.69, 9.17) is 4.52 Å². The van der Waals surface area contributed by atoms with Gasteiger partial charge in [0, 0.05) is 5.92 Å². The number of nitrogens with zero attached hydrogens (tertiary/aromatic N) is 4. The van der Waals surface area contributed by atoms with Crippen LogP contribution in [-0.4, -0.2) is 31.4 Å². The number of urea groups is 1. The molecule has 2 rings (SSSR count). The lowest BCUT2D eigenvalue weighted by Crippen LogP contribution is -2.28. The van der Waals surface area contributed by atoms with Gasteiger partial charge < -0.3 is 9.84 Å². The van der Waals surface area contributed by atoms with E-state index in [0.29, 0.717) is 11.7 Å². The van der Waals surface area contributed by atoms with Crippen molar-refractivity contribution in [3.05, 3.63) is 18.0 Å². The van der Waals surface area contributed by atoms with E-state index in [1.54, 1.807) is 0 Å². The molecule has 2 aromatic rings. The molecule has 3 N–H and O–H groups in total. The van der Waals surface area contributed by atoms with Gasteiger partial charge in [0.05, 0.1) is 6.54 Å². The van der Waals surface area contributed by atoms with Crippen LogP contribution in [0.5, 0.6) is 0 Å². The zero-order chi connectivity index (χ0) is 13.0. The summed E-state index contributed by atoms with van der Waals surface area (Å²) in [6.07, 6.45) is 1.29. The van der Waals surface area contributed by atoms with Crippen molar-refractivity contribution in [2.45, 2.75) is 26.3 Å². The second kappa shape index (κ2) is 5.25. The standard InChI is InChI=1S/C9H13N7O2/c1-5(2)7-13-6(18-16-7)3-10-9(17)14-8-11-4-12-15-8/h4-5H,3H2,1-2H3,(H3,10,11,12,14,15,17). The van der Waals surface area contributed by atoms with Gasteiger partial charge in [0.1, 0.15) is 6.33 Å². The van der Waals surface area contributed by atoms with Gasteiger partial charge in [-0.2, -0.15) is 15.1 Å². The predicted molar refractivity (Wildman–Crippen MR) is 60.6 cm³/mol. The summed E-state index contributed by atoms with van der Waals surface area (Å²) >= 11 is 0. The van der Waals surface area contributed by atoms with Crippen molar-refractivity contribution in [2.75, 3.05) is 5.32 Å². The number of hydrogen-bond donors (Lipinski definition) is 3. The molecule has 9 heteroatoms. The largest absolute Gasteiger partial charge is 0.337 e. The maximum Gasteiger partial charge on any atom is 0.322 e. The lowest BCUT2D eigenvalue weighted by Gasteiger charge is -2.01. The van der Waals surface area contributed by atoms with Crippen molar-refractivity contribution in [1.29, 1.82) is 0 Å². The third-order valence-corrected chi connectivity index (χ3v) is 2.05. The van der Waals surface area contributed by atoms with Gasteiger partial charge >= 0.3 is 6.03 Å². The molecule has 2 amide bonds. The Hall–Kier alpha value is -2.45. The van der Waals surface area contributed by atoms with Crippen LogP contribution >= 0.6 is 0 Å². The van der Waals surface area contributed by atoms with E-state index in [1.807, 2.05) is 13.8 Å². The molecular formula is C9H13N7O2. The van der Waals surface area contributed by atoms with E-state index in [0.717, 1.165) is 0 Å². The highest BCUT2D eigenvalue weighted by atomic mass is 16.5. The first-order valence-electron chi connectivity index (χ1n) is 5.38. The molecule has 0 radical (unpaired) electrons. The Bertz CT molecular complexity index is 505. The molecule has 0 aliphatic rings. The van der Waals surface area contributed by atoms with Gasteiger partial charge in [-0.05, 0) is 0 Å². The van der Waals surface area contributed by atoms with Crippen LogP contribution in [0.3, 0.4) is 0 Å². The summed E-state index contributed by atoms with van der Waals surface area (Å²) in [5, 5.41) is 14.9. The Morgan fingerprint density at radius 3 is 3.00 bits per heavy atom. The number of aromatic nitrogens is 5. The molecule has 0 aliphatic heterocycles. The van der Waals surface area contributed by atoms with Gasteiger partial charge in [0.25, 0.3) is 0 Å². The molecule has 2 aromatic heterocycles. The van der Waals surface area contributed by atoms with Gasteiger partial charge in [0.15, 0.2) is 5.82 Å². The van der Waals surface area contributed by atoms with Crippen LogP contribution in [0.4, 0.5) is 10.7 Å². The number of nitrogens with one attached hydrogen (secondary N) is 3. The summed E-state index contributed by atoms with van der Waals surface area (Å²) in [4.78, 5) is 19.3. The summed E-state index contributed by atoms with van der Waals surface area (Å²) in [7, 11) is 0. The van der Waals surface area contributed by atoms with Crippen LogP contribution in [0.25, 0.3) is 0 Å². The number of hydrogen-bond acceptors (Lipinski definition) is 6. The van der Waals surface area contributed by atoms with Gasteiger partial charge in [-0.3, -0.25) is 5.32 Å². The van der Waals surface area contributed by atoms with E-state index in [-0.39, 0.29) is 18.4 Å². The zero-order valence-corrected chi connectivity index (χ0v) is 9.97. The highest BCUT2D eigenvalue weighted by Gasteiger charge is 2.10. The van der Waals surface area contributed by atoms with Crippen LogP contribution < -0.4 is 10.6 Å². The molecule has 2 heterocycles. The molecule has 0 aliphatic carbocycles. The minimum atomic E-state index is -0.434. The fourth-order valence-corrected chi connectivity index (χ4v) is 1.15. The molecule has 0 atom stereocenters. The maximum atomic E-state index is 11.4. The second-order valence-corrected chi connectivity index (χ2v) is 3.84. The summed E-state index contributed by atoms with van der Waals surface area (Å²) in [6, 6.07) is -0.434. The second-order valence-electron chi connectivity index (χ2n) is 3.84. The maximum absolute atomic E-state index is 11.4. The number of amides is 2. The smallest absolute Gasteiger partial charge is 0.322 e. The molecule has 96 valence electrons. The average molecular weight is 251 g/mol.